The number of methoxy groups -OCH3 is 1. The lowest BCUT2D eigenvalue weighted by molar-refractivity contribution is -0.127. The normalized spacial score (nSPS) is 16.1. The topological polar surface area (TPSA) is 88.6 Å². The van der Waals surface area contributed by atoms with Crippen molar-refractivity contribution in [1.82, 2.24) is 14.9 Å². The highest BCUT2D eigenvalue weighted by Crippen LogP contribution is 2.21. The summed E-state index contributed by atoms with van der Waals surface area (Å²) in [6, 6.07) is 7.18. The molecule has 2 heterocycles. The van der Waals surface area contributed by atoms with Crippen LogP contribution in [-0.2, 0) is 9.53 Å². The van der Waals surface area contributed by atoms with Crippen molar-refractivity contribution in [3.63, 3.8) is 0 Å². The summed E-state index contributed by atoms with van der Waals surface area (Å²) in [7, 11) is 1.62. The maximum atomic E-state index is 14.2. The van der Waals surface area contributed by atoms with E-state index in [-0.39, 0.29) is 23.7 Å². The van der Waals surface area contributed by atoms with E-state index < -0.39 is 5.82 Å². The molecular weight excluding hydrogens is 389 g/mol. The summed E-state index contributed by atoms with van der Waals surface area (Å²) in [6.45, 7) is 5.65. The number of ether oxygens (including phenoxy) is 2. The van der Waals surface area contributed by atoms with Gasteiger partial charge in [-0.3, -0.25) is 4.79 Å². The van der Waals surface area contributed by atoms with E-state index in [2.05, 4.69) is 27.2 Å². The second-order valence-corrected chi connectivity index (χ2v) is 6.85. The Kier molecular flexibility index (Phi) is 7.56. The van der Waals surface area contributed by atoms with Crippen molar-refractivity contribution < 1.29 is 18.7 Å². The van der Waals surface area contributed by atoms with Crippen LogP contribution in [0.5, 0.6) is 5.75 Å². The molecule has 1 unspecified atom stereocenters. The minimum atomic E-state index is -0.547. The molecular formula is C21H26FN5O3. The summed E-state index contributed by atoms with van der Waals surface area (Å²) in [5.41, 5.74) is 0.743. The Morgan fingerprint density at radius 3 is 2.90 bits per heavy atom. The van der Waals surface area contributed by atoms with Crippen molar-refractivity contribution in [1.29, 1.82) is 0 Å². The van der Waals surface area contributed by atoms with E-state index in [9.17, 15) is 9.18 Å². The smallest absolute Gasteiger partial charge is 0.246 e. The number of anilines is 3. The number of hydrogen-bond donors (Lipinski definition) is 2. The zero-order chi connectivity index (χ0) is 21.3. The quantitative estimate of drug-likeness (QED) is 0.481. The number of likely N-dealkylation sites (tertiary alicyclic amines) is 1. The van der Waals surface area contributed by atoms with Gasteiger partial charge in [-0.25, -0.2) is 9.37 Å². The van der Waals surface area contributed by atoms with E-state index in [0.717, 1.165) is 30.5 Å². The minimum absolute atomic E-state index is 0.0940. The largest absolute Gasteiger partial charge is 0.491 e. The molecule has 160 valence electrons. The maximum Gasteiger partial charge on any atom is 0.246 e. The van der Waals surface area contributed by atoms with Gasteiger partial charge in [-0.2, -0.15) is 4.98 Å². The van der Waals surface area contributed by atoms with Crippen LogP contribution >= 0.6 is 0 Å². The van der Waals surface area contributed by atoms with Crippen molar-refractivity contribution in [2.45, 2.75) is 18.9 Å². The molecule has 3 rings (SSSR count). The molecule has 8 nitrogen and oxygen atoms in total. The lowest BCUT2D eigenvalue weighted by Crippen LogP contribution is -2.44. The Balaban J connectivity index is 1.62. The van der Waals surface area contributed by atoms with Gasteiger partial charge in [0.25, 0.3) is 0 Å². The molecule has 2 aromatic rings. The van der Waals surface area contributed by atoms with E-state index in [1.54, 1.807) is 12.0 Å². The fraction of sp³-hybridized carbons (Fsp3) is 0.381. The average Bonchev–Trinajstić information content (AvgIpc) is 2.77. The third-order valence-corrected chi connectivity index (χ3v) is 4.66. The van der Waals surface area contributed by atoms with Crippen LogP contribution in [0.3, 0.4) is 0 Å². The lowest BCUT2D eigenvalue weighted by atomic mass is 10.1. The highest BCUT2D eigenvalue weighted by molar-refractivity contribution is 5.87. The summed E-state index contributed by atoms with van der Waals surface area (Å²) >= 11 is 0. The molecule has 1 aliphatic rings. The molecule has 1 saturated heterocycles. The summed E-state index contributed by atoms with van der Waals surface area (Å²) < 4.78 is 24.7. The van der Waals surface area contributed by atoms with Crippen molar-refractivity contribution in [3.05, 3.63) is 48.9 Å². The van der Waals surface area contributed by atoms with Gasteiger partial charge in [-0.05, 0) is 43.2 Å². The second-order valence-electron chi connectivity index (χ2n) is 6.85. The summed E-state index contributed by atoms with van der Waals surface area (Å²) in [5.74, 6) is 0.416. The number of rotatable bonds is 9. The number of aromatic nitrogens is 2. The monoisotopic (exact) mass is 415 g/mol. The number of nitrogens with zero attached hydrogens (tertiary/aromatic N) is 3. The third-order valence-electron chi connectivity index (χ3n) is 4.66. The highest BCUT2D eigenvalue weighted by Gasteiger charge is 2.23. The number of carbonyl (C=O) groups is 1. The first kappa shape index (κ1) is 21.5. The van der Waals surface area contributed by atoms with E-state index in [0.29, 0.717) is 26.3 Å². The first-order chi connectivity index (χ1) is 14.6. The van der Waals surface area contributed by atoms with Gasteiger partial charge in [-0.1, -0.05) is 6.58 Å². The van der Waals surface area contributed by atoms with Crippen LogP contribution in [-0.4, -0.2) is 60.2 Å². The Hall–Kier alpha value is -3.20. The molecule has 2 N–H and O–H groups in total. The molecule has 1 aliphatic heterocycles. The molecule has 0 saturated carbocycles. The fourth-order valence-electron chi connectivity index (χ4n) is 3.15. The molecule has 0 radical (unpaired) electrons. The summed E-state index contributed by atoms with van der Waals surface area (Å²) in [6.07, 6.45) is 4.06. The van der Waals surface area contributed by atoms with E-state index in [1.807, 2.05) is 24.3 Å². The number of hydrogen-bond acceptors (Lipinski definition) is 7. The van der Waals surface area contributed by atoms with Gasteiger partial charge in [0.1, 0.15) is 12.4 Å². The van der Waals surface area contributed by atoms with Gasteiger partial charge in [0.05, 0.1) is 12.8 Å². The molecule has 1 atom stereocenters. The van der Waals surface area contributed by atoms with E-state index in [4.69, 9.17) is 9.47 Å². The Morgan fingerprint density at radius 2 is 2.17 bits per heavy atom. The number of halogens is 1. The molecule has 1 fully saturated rings. The Morgan fingerprint density at radius 1 is 1.37 bits per heavy atom. The number of nitrogens with one attached hydrogen (secondary N) is 2. The molecule has 1 amide bonds. The van der Waals surface area contributed by atoms with Gasteiger partial charge in [0, 0.05) is 31.9 Å². The second kappa shape index (κ2) is 10.5. The fourth-order valence-corrected chi connectivity index (χ4v) is 3.15. The van der Waals surface area contributed by atoms with Gasteiger partial charge in [-0.15, -0.1) is 0 Å². The highest BCUT2D eigenvalue weighted by atomic mass is 19.1. The van der Waals surface area contributed by atoms with Crippen LogP contribution in [0.15, 0.2) is 43.1 Å². The molecule has 1 aromatic heterocycles. The van der Waals surface area contributed by atoms with Crippen LogP contribution in [0.25, 0.3) is 0 Å². The molecule has 0 aliphatic carbocycles. The predicted octanol–water partition coefficient (Wildman–Crippen LogP) is 2.97. The first-order valence-corrected chi connectivity index (χ1v) is 9.78. The zero-order valence-electron chi connectivity index (χ0n) is 16.9. The lowest BCUT2D eigenvalue weighted by Gasteiger charge is -2.32. The number of carbonyl (C=O) groups excluding carboxylic acids is 1. The molecule has 0 spiro atoms. The Labute approximate surface area is 175 Å². The SMILES string of the molecule is C=CC(=O)N1CCCC(Nc2nc(Nc3ccc(OCCOC)cc3)ncc2F)C1. The van der Waals surface area contributed by atoms with Crippen molar-refractivity contribution in [2.24, 2.45) is 0 Å². The summed E-state index contributed by atoms with van der Waals surface area (Å²) in [5, 5.41) is 6.15. The average molecular weight is 415 g/mol. The van der Waals surface area contributed by atoms with Crippen molar-refractivity contribution >= 4 is 23.4 Å². The third kappa shape index (κ3) is 5.90. The number of benzene rings is 1. The van der Waals surface area contributed by atoms with Gasteiger partial charge >= 0.3 is 0 Å². The zero-order valence-corrected chi connectivity index (χ0v) is 16.9. The van der Waals surface area contributed by atoms with Crippen molar-refractivity contribution in [3.8, 4) is 5.75 Å². The Bertz CT molecular complexity index is 862. The van der Waals surface area contributed by atoms with Gasteiger partial charge < -0.3 is 25.0 Å². The molecule has 0 bridgehead atoms. The van der Waals surface area contributed by atoms with Gasteiger partial charge in [0.2, 0.25) is 11.9 Å². The standard InChI is InChI=1S/C21H26FN5O3/c1-3-19(28)27-10-4-5-16(14-27)24-20-18(22)13-23-21(26-20)25-15-6-8-17(9-7-15)30-12-11-29-2/h3,6-9,13,16H,1,4-5,10-12,14H2,2H3,(H2,23,24,25,26). The van der Waals surface area contributed by atoms with Gasteiger partial charge in [0.15, 0.2) is 11.6 Å². The number of amides is 1. The van der Waals surface area contributed by atoms with Crippen molar-refractivity contribution in [2.75, 3.05) is 44.0 Å². The van der Waals surface area contributed by atoms with Crippen LogP contribution in [0.2, 0.25) is 0 Å². The van der Waals surface area contributed by atoms with Crippen LogP contribution in [0, 0.1) is 5.82 Å². The first-order valence-electron chi connectivity index (χ1n) is 9.78. The van der Waals surface area contributed by atoms with E-state index >= 15 is 0 Å². The van der Waals surface area contributed by atoms with E-state index in [1.165, 1.54) is 6.08 Å². The predicted molar refractivity (Wildman–Crippen MR) is 113 cm³/mol. The van der Waals surface area contributed by atoms with Crippen LogP contribution in [0.1, 0.15) is 12.8 Å². The minimum Gasteiger partial charge on any atom is -0.491 e. The molecule has 9 heteroatoms. The molecule has 1 aromatic carbocycles. The van der Waals surface area contributed by atoms with Crippen LogP contribution < -0.4 is 15.4 Å². The van der Waals surface area contributed by atoms with Crippen LogP contribution in [0.4, 0.5) is 21.8 Å². The molecule has 30 heavy (non-hydrogen) atoms. The number of piperidine rings is 1. The maximum absolute atomic E-state index is 14.2. The summed E-state index contributed by atoms with van der Waals surface area (Å²) in [4.78, 5) is 21.8.